The quantitative estimate of drug-likeness (QED) is 0.445. The molecule has 2 aromatic carbocycles. The van der Waals surface area contributed by atoms with E-state index in [0.717, 1.165) is 43.6 Å². The number of carbonyl (C=O) groups is 1. The van der Waals surface area contributed by atoms with Crippen LogP contribution in [0.4, 0.5) is 5.69 Å². The van der Waals surface area contributed by atoms with Crippen LogP contribution in [0.2, 0.25) is 0 Å². The van der Waals surface area contributed by atoms with E-state index in [1.807, 2.05) is 0 Å². The summed E-state index contributed by atoms with van der Waals surface area (Å²) in [6.07, 6.45) is 5.77. The lowest BCUT2D eigenvalue weighted by atomic mass is 9.87. The monoisotopic (exact) mass is 515 g/mol. The van der Waals surface area contributed by atoms with Crippen molar-refractivity contribution >= 4 is 11.6 Å². The molecule has 0 radical (unpaired) electrons. The average molecular weight is 516 g/mol. The first kappa shape index (κ1) is 26.4. The summed E-state index contributed by atoms with van der Waals surface area (Å²) in [6, 6.07) is 17.0. The molecule has 202 valence electrons. The predicted molar refractivity (Wildman–Crippen MR) is 151 cm³/mol. The Labute approximate surface area is 226 Å². The summed E-state index contributed by atoms with van der Waals surface area (Å²) < 4.78 is 5.57. The maximum atomic E-state index is 13.0. The van der Waals surface area contributed by atoms with Gasteiger partial charge >= 0.3 is 0 Å². The summed E-state index contributed by atoms with van der Waals surface area (Å²) in [5, 5.41) is 7.36. The minimum absolute atomic E-state index is 0.0243. The van der Waals surface area contributed by atoms with Crippen molar-refractivity contribution in [1.82, 2.24) is 20.4 Å². The van der Waals surface area contributed by atoms with Crippen LogP contribution in [0.1, 0.15) is 69.9 Å². The topological polar surface area (TPSA) is 74.5 Å². The van der Waals surface area contributed by atoms with Crippen LogP contribution in [0, 0.1) is 5.92 Å². The smallest absolute Gasteiger partial charge is 0.241 e. The molecule has 1 N–H and O–H groups in total. The average Bonchev–Trinajstić information content (AvgIpc) is 3.40. The van der Waals surface area contributed by atoms with Crippen LogP contribution in [-0.4, -0.2) is 47.1 Å². The van der Waals surface area contributed by atoms with Crippen molar-refractivity contribution in [2.75, 3.05) is 31.1 Å². The van der Waals surface area contributed by atoms with E-state index in [1.165, 1.54) is 30.5 Å². The van der Waals surface area contributed by atoms with Gasteiger partial charge in [-0.1, -0.05) is 62.3 Å². The number of nitrogens with one attached hydrogen (secondary N) is 1. The number of nitrogens with zero attached hydrogens (tertiary/aromatic N) is 4. The highest BCUT2D eigenvalue weighted by Crippen LogP contribution is 2.26. The number of hydrogen-bond donors (Lipinski definition) is 1. The van der Waals surface area contributed by atoms with E-state index in [1.54, 1.807) is 0 Å². The van der Waals surface area contributed by atoms with Crippen LogP contribution in [0.25, 0.3) is 11.4 Å². The molecule has 2 saturated heterocycles. The zero-order valence-corrected chi connectivity index (χ0v) is 23.1. The summed E-state index contributed by atoms with van der Waals surface area (Å²) in [6.45, 7) is 11.7. The van der Waals surface area contributed by atoms with E-state index in [4.69, 9.17) is 4.52 Å². The van der Waals surface area contributed by atoms with E-state index in [9.17, 15) is 4.79 Å². The fraction of sp³-hybridized carbons (Fsp3) is 0.516. The number of benzene rings is 2. The minimum atomic E-state index is -0.0243. The summed E-state index contributed by atoms with van der Waals surface area (Å²) >= 11 is 0. The Morgan fingerprint density at radius 3 is 2.42 bits per heavy atom. The Balaban J connectivity index is 1.11. The van der Waals surface area contributed by atoms with E-state index >= 15 is 0 Å². The normalized spacial score (nSPS) is 18.9. The van der Waals surface area contributed by atoms with Gasteiger partial charge in [0, 0.05) is 37.4 Å². The van der Waals surface area contributed by atoms with Crippen LogP contribution in [0.15, 0.2) is 53.1 Å². The van der Waals surface area contributed by atoms with Crippen molar-refractivity contribution in [2.24, 2.45) is 5.92 Å². The highest BCUT2D eigenvalue weighted by molar-refractivity contribution is 5.79. The summed E-state index contributed by atoms with van der Waals surface area (Å²) in [7, 11) is 0. The Hall–Kier alpha value is -3.19. The first-order valence-electron chi connectivity index (χ1n) is 14.1. The second-order valence-corrected chi connectivity index (χ2v) is 11.8. The first-order valence-corrected chi connectivity index (χ1v) is 14.1. The molecule has 1 atom stereocenters. The molecule has 3 heterocycles. The number of amides is 1. The molecule has 1 unspecified atom stereocenters. The number of anilines is 1. The van der Waals surface area contributed by atoms with E-state index < -0.39 is 0 Å². The largest absolute Gasteiger partial charge is 0.372 e. The highest BCUT2D eigenvalue weighted by Gasteiger charge is 2.27. The Bertz CT molecular complexity index is 1190. The number of aromatic nitrogens is 2. The molecular formula is C31H41N5O2. The third-order valence-corrected chi connectivity index (χ3v) is 7.84. The van der Waals surface area contributed by atoms with Crippen LogP contribution in [0.5, 0.6) is 0 Å². The van der Waals surface area contributed by atoms with Gasteiger partial charge in [0.15, 0.2) is 0 Å². The summed E-state index contributed by atoms with van der Waals surface area (Å²) in [5.74, 6) is 1.30. The highest BCUT2D eigenvalue weighted by atomic mass is 16.5. The van der Waals surface area contributed by atoms with Crippen molar-refractivity contribution in [3.63, 3.8) is 0 Å². The van der Waals surface area contributed by atoms with Gasteiger partial charge in [-0.2, -0.15) is 4.98 Å². The molecule has 1 amide bonds. The molecule has 5 rings (SSSR count). The number of hydrogen-bond acceptors (Lipinski definition) is 6. The molecular weight excluding hydrogens is 474 g/mol. The zero-order chi connectivity index (χ0) is 26.5. The molecule has 2 aliphatic rings. The first-order chi connectivity index (χ1) is 18.3. The standard InChI is InChI=1S/C31H41N5O2/c1-31(2,3)26-13-11-24(12-14-26)29-33-28(38-34-29)22-35-17-7-8-25(21-35)30(37)32-20-23-9-15-27(16-10-23)36-18-5-4-6-19-36/h9-16,25H,4-8,17-22H2,1-3H3,(H,32,37). The number of likely N-dealkylation sites (tertiary alicyclic amines) is 1. The van der Waals surface area contributed by atoms with Gasteiger partial charge in [-0.05, 0) is 67.3 Å². The molecule has 7 heteroatoms. The maximum Gasteiger partial charge on any atom is 0.241 e. The van der Waals surface area contributed by atoms with E-state index in [-0.39, 0.29) is 17.2 Å². The zero-order valence-electron chi connectivity index (χ0n) is 23.1. The molecule has 0 spiro atoms. The van der Waals surface area contributed by atoms with Crippen LogP contribution >= 0.6 is 0 Å². The predicted octanol–water partition coefficient (Wildman–Crippen LogP) is 5.55. The van der Waals surface area contributed by atoms with Crippen molar-refractivity contribution in [3.8, 4) is 11.4 Å². The van der Waals surface area contributed by atoms with Crippen LogP contribution in [0.3, 0.4) is 0 Å². The molecule has 3 aromatic rings. The summed E-state index contributed by atoms with van der Waals surface area (Å²) in [5.41, 5.74) is 4.76. The van der Waals surface area contributed by atoms with Gasteiger partial charge in [-0.15, -0.1) is 0 Å². The lowest BCUT2D eigenvalue weighted by molar-refractivity contribution is -0.127. The number of carbonyl (C=O) groups excluding carboxylic acids is 1. The van der Waals surface area contributed by atoms with Crippen molar-refractivity contribution in [2.45, 2.75) is 71.4 Å². The fourth-order valence-electron chi connectivity index (χ4n) is 5.47. The SMILES string of the molecule is CC(C)(C)c1ccc(-c2noc(CN3CCCC(C(=O)NCc4ccc(N5CCCCC5)cc4)C3)n2)cc1. The van der Waals surface area contributed by atoms with E-state index in [2.05, 4.69) is 94.6 Å². The van der Waals surface area contributed by atoms with Gasteiger partial charge < -0.3 is 14.7 Å². The summed E-state index contributed by atoms with van der Waals surface area (Å²) in [4.78, 5) is 22.3. The molecule has 2 fully saturated rings. The molecule has 38 heavy (non-hydrogen) atoms. The molecule has 7 nitrogen and oxygen atoms in total. The van der Waals surface area contributed by atoms with Gasteiger partial charge in [0.05, 0.1) is 12.5 Å². The second-order valence-electron chi connectivity index (χ2n) is 11.8. The minimum Gasteiger partial charge on any atom is -0.372 e. The fourth-order valence-corrected chi connectivity index (χ4v) is 5.47. The molecule has 1 aromatic heterocycles. The second kappa shape index (κ2) is 11.7. The maximum absolute atomic E-state index is 13.0. The van der Waals surface area contributed by atoms with Crippen molar-refractivity contribution in [1.29, 1.82) is 0 Å². The molecule has 2 aliphatic heterocycles. The van der Waals surface area contributed by atoms with Gasteiger partial charge in [0.25, 0.3) is 0 Å². The number of piperidine rings is 2. The van der Waals surface area contributed by atoms with Crippen LogP contribution in [-0.2, 0) is 23.3 Å². The lowest BCUT2D eigenvalue weighted by Gasteiger charge is -2.31. The third-order valence-electron chi connectivity index (χ3n) is 7.84. The molecule has 0 aliphatic carbocycles. The molecule has 0 bridgehead atoms. The van der Waals surface area contributed by atoms with Gasteiger partial charge in [-0.3, -0.25) is 9.69 Å². The lowest BCUT2D eigenvalue weighted by Crippen LogP contribution is -2.42. The third kappa shape index (κ3) is 6.62. The van der Waals surface area contributed by atoms with E-state index in [0.29, 0.717) is 31.3 Å². The van der Waals surface area contributed by atoms with Crippen LogP contribution < -0.4 is 10.2 Å². The Kier molecular flexibility index (Phi) is 8.12. The van der Waals surface area contributed by atoms with Crippen molar-refractivity contribution < 1.29 is 9.32 Å². The molecule has 0 saturated carbocycles. The van der Waals surface area contributed by atoms with Gasteiger partial charge in [-0.25, -0.2) is 0 Å². The number of rotatable bonds is 7. The Morgan fingerprint density at radius 1 is 0.974 bits per heavy atom. The van der Waals surface area contributed by atoms with Gasteiger partial charge in [0.2, 0.25) is 17.6 Å². The van der Waals surface area contributed by atoms with Crippen molar-refractivity contribution in [3.05, 3.63) is 65.5 Å². The Morgan fingerprint density at radius 2 is 1.71 bits per heavy atom. The van der Waals surface area contributed by atoms with Gasteiger partial charge in [0.1, 0.15) is 0 Å².